The Balaban J connectivity index is 2.28. The molecule has 0 bridgehead atoms. The molecule has 0 amide bonds. The Morgan fingerprint density at radius 3 is 2.74 bits per heavy atom. The molecule has 7 heteroatoms. The van der Waals surface area contributed by atoms with Gasteiger partial charge in [0, 0.05) is 13.1 Å². The summed E-state index contributed by atoms with van der Waals surface area (Å²) in [6.45, 7) is 5.31. The maximum absolute atomic E-state index is 12.1. The first-order chi connectivity index (χ1) is 10.9. The van der Waals surface area contributed by atoms with Gasteiger partial charge in [-0.15, -0.1) is 0 Å². The van der Waals surface area contributed by atoms with Crippen LogP contribution in [-0.4, -0.2) is 45.5 Å². The molecule has 1 heterocycles. The molecule has 0 aliphatic carbocycles. The Hall–Kier alpha value is -1.44. The minimum Gasteiger partial charge on any atom is -0.465 e. The average molecular weight is 340 g/mol. The zero-order chi connectivity index (χ0) is 17.0. The van der Waals surface area contributed by atoms with Crippen molar-refractivity contribution in [2.45, 2.75) is 44.2 Å². The third kappa shape index (κ3) is 3.73. The summed E-state index contributed by atoms with van der Waals surface area (Å²) in [6, 6.07) is 5.02. The van der Waals surface area contributed by atoms with E-state index in [-0.39, 0.29) is 12.0 Å². The van der Waals surface area contributed by atoms with E-state index in [4.69, 9.17) is 4.74 Å². The highest BCUT2D eigenvalue weighted by molar-refractivity contribution is 7.89. The average Bonchev–Trinajstić information content (AvgIpc) is 2.55. The molecular weight excluding hydrogens is 316 g/mol. The Bertz CT molecular complexity index is 673. The number of sulfonamides is 1. The van der Waals surface area contributed by atoms with Crippen LogP contribution in [0.15, 0.2) is 23.1 Å². The Morgan fingerprint density at radius 1 is 1.39 bits per heavy atom. The second kappa shape index (κ2) is 7.42. The predicted octanol–water partition coefficient (Wildman–Crippen LogP) is 1.29. The molecule has 128 valence electrons. The van der Waals surface area contributed by atoms with Gasteiger partial charge in [-0.1, -0.05) is 19.1 Å². The largest absolute Gasteiger partial charge is 0.465 e. The van der Waals surface area contributed by atoms with Crippen molar-refractivity contribution in [1.29, 1.82) is 0 Å². The second-order valence-corrected chi connectivity index (χ2v) is 7.35. The summed E-state index contributed by atoms with van der Waals surface area (Å²) in [4.78, 5) is 14.5. The molecule has 0 saturated heterocycles. The zero-order valence-corrected chi connectivity index (χ0v) is 14.6. The van der Waals surface area contributed by atoms with Crippen LogP contribution in [0.2, 0.25) is 0 Å². The molecule has 0 unspecified atom stereocenters. The molecule has 1 N–H and O–H groups in total. The SMILES string of the molecule is CCOC(=O)[C@@H](CC)N1CCc2c(cccc2S(=O)(=O)NC)C1. The molecule has 0 aromatic heterocycles. The molecule has 1 aliphatic heterocycles. The monoisotopic (exact) mass is 340 g/mol. The van der Waals surface area contributed by atoms with Crippen LogP contribution < -0.4 is 4.72 Å². The van der Waals surface area contributed by atoms with Crippen molar-refractivity contribution in [3.8, 4) is 0 Å². The summed E-state index contributed by atoms with van der Waals surface area (Å²) < 4.78 is 31.8. The number of benzene rings is 1. The van der Waals surface area contributed by atoms with E-state index in [0.717, 1.165) is 11.1 Å². The normalized spacial score (nSPS) is 16.7. The molecule has 2 rings (SSSR count). The fourth-order valence-corrected chi connectivity index (χ4v) is 4.07. The number of hydrogen-bond acceptors (Lipinski definition) is 5. The predicted molar refractivity (Wildman–Crippen MR) is 87.5 cm³/mol. The topological polar surface area (TPSA) is 75.7 Å². The molecule has 1 aromatic rings. The number of ether oxygens (including phenoxy) is 1. The fraction of sp³-hybridized carbons (Fsp3) is 0.562. The number of carbonyl (C=O) groups excluding carboxylic acids is 1. The van der Waals surface area contributed by atoms with E-state index in [0.29, 0.717) is 37.4 Å². The summed E-state index contributed by atoms with van der Waals surface area (Å²) in [6.07, 6.45) is 1.27. The zero-order valence-electron chi connectivity index (χ0n) is 13.8. The molecule has 1 aromatic carbocycles. The van der Waals surface area contributed by atoms with Crippen molar-refractivity contribution in [2.24, 2.45) is 0 Å². The third-order valence-electron chi connectivity index (χ3n) is 4.20. The molecule has 1 atom stereocenters. The van der Waals surface area contributed by atoms with Crippen molar-refractivity contribution in [3.05, 3.63) is 29.3 Å². The number of carbonyl (C=O) groups is 1. The van der Waals surface area contributed by atoms with Crippen LogP contribution >= 0.6 is 0 Å². The molecule has 0 spiro atoms. The van der Waals surface area contributed by atoms with E-state index in [1.807, 2.05) is 13.0 Å². The van der Waals surface area contributed by atoms with Gasteiger partial charge in [0.05, 0.1) is 11.5 Å². The lowest BCUT2D eigenvalue weighted by Gasteiger charge is -2.34. The first kappa shape index (κ1) is 17.9. The first-order valence-electron chi connectivity index (χ1n) is 7.89. The summed E-state index contributed by atoms with van der Waals surface area (Å²) in [7, 11) is -2.05. The van der Waals surface area contributed by atoms with E-state index in [2.05, 4.69) is 9.62 Å². The van der Waals surface area contributed by atoms with Gasteiger partial charge in [-0.2, -0.15) is 0 Å². The minimum absolute atomic E-state index is 0.211. The molecule has 0 saturated carbocycles. The van der Waals surface area contributed by atoms with Crippen molar-refractivity contribution < 1.29 is 17.9 Å². The summed E-state index contributed by atoms with van der Waals surface area (Å²) in [5.41, 5.74) is 1.80. The van der Waals surface area contributed by atoms with Crippen molar-refractivity contribution >= 4 is 16.0 Å². The number of rotatable bonds is 6. The fourth-order valence-electron chi connectivity index (χ4n) is 3.04. The van der Waals surface area contributed by atoms with Crippen LogP contribution in [0.4, 0.5) is 0 Å². The highest BCUT2D eigenvalue weighted by Crippen LogP contribution is 2.27. The molecule has 6 nitrogen and oxygen atoms in total. The van der Waals surface area contributed by atoms with Gasteiger partial charge in [-0.25, -0.2) is 13.1 Å². The van der Waals surface area contributed by atoms with Gasteiger partial charge in [-0.05, 0) is 44.0 Å². The van der Waals surface area contributed by atoms with Crippen LogP contribution in [0.1, 0.15) is 31.4 Å². The summed E-state index contributed by atoms with van der Waals surface area (Å²) >= 11 is 0. The van der Waals surface area contributed by atoms with Gasteiger partial charge in [0.25, 0.3) is 0 Å². The van der Waals surface area contributed by atoms with Crippen LogP contribution in [-0.2, 0) is 32.5 Å². The second-order valence-electron chi connectivity index (χ2n) is 5.50. The number of esters is 1. The number of fused-ring (bicyclic) bond motifs is 1. The lowest BCUT2D eigenvalue weighted by molar-refractivity contribution is -0.150. The van der Waals surface area contributed by atoms with Crippen molar-refractivity contribution in [2.75, 3.05) is 20.2 Å². The van der Waals surface area contributed by atoms with E-state index in [9.17, 15) is 13.2 Å². The minimum atomic E-state index is -3.47. The summed E-state index contributed by atoms with van der Waals surface area (Å²) in [5.74, 6) is -0.211. The molecule has 0 fully saturated rings. The van der Waals surface area contributed by atoms with Gasteiger partial charge in [-0.3, -0.25) is 9.69 Å². The highest BCUT2D eigenvalue weighted by atomic mass is 32.2. The Kier molecular flexibility index (Phi) is 5.78. The third-order valence-corrected chi connectivity index (χ3v) is 5.70. The number of nitrogens with zero attached hydrogens (tertiary/aromatic N) is 1. The maximum atomic E-state index is 12.1. The van der Waals surface area contributed by atoms with E-state index in [1.165, 1.54) is 7.05 Å². The van der Waals surface area contributed by atoms with Gasteiger partial charge in [0.1, 0.15) is 6.04 Å². The molecule has 23 heavy (non-hydrogen) atoms. The maximum Gasteiger partial charge on any atom is 0.323 e. The number of hydrogen-bond donors (Lipinski definition) is 1. The smallest absolute Gasteiger partial charge is 0.323 e. The standard InChI is InChI=1S/C16H24N2O4S/c1-4-14(16(19)22-5-2)18-10-9-13-12(11-18)7-6-8-15(13)23(20,21)17-3/h6-8,14,17H,4-5,9-11H2,1-3H3/t14-/m1/s1. The molecular formula is C16H24N2O4S. The lowest BCUT2D eigenvalue weighted by Crippen LogP contribution is -2.44. The quantitative estimate of drug-likeness (QED) is 0.790. The van der Waals surface area contributed by atoms with Gasteiger partial charge >= 0.3 is 5.97 Å². The lowest BCUT2D eigenvalue weighted by atomic mass is 9.98. The van der Waals surface area contributed by atoms with Gasteiger partial charge in [0.15, 0.2) is 0 Å². The van der Waals surface area contributed by atoms with Crippen LogP contribution in [0, 0.1) is 0 Å². The molecule has 1 aliphatic rings. The summed E-state index contributed by atoms with van der Waals surface area (Å²) in [5, 5.41) is 0. The van der Waals surface area contributed by atoms with E-state index < -0.39 is 10.0 Å². The number of nitrogens with one attached hydrogen (secondary N) is 1. The van der Waals surface area contributed by atoms with E-state index >= 15 is 0 Å². The van der Waals surface area contributed by atoms with Crippen LogP contribution in [0.5, 0.6) is 0 Å². The van der Waals surface area contributed by atoms with Crippen LogP contribution in [0.25, 0.3) is 0 Å². The van der Waals surface area contributed by atoms with E-state index in [1.54, 1.807) is 19.1 Å². The van der Waals surface area contributed by atoms with Gasteiger partial charge in [0.2, 0.25) is 10.0 Å². The van der Waals surface area contributed by atoms with Crippen molar-refractivity contribution in [3.63, 3.8) is 0 Å². The highest BCUT2D eigenvalue weighted by Gasteiger charge is 2.30. The first-order valence-corrected chi connectivity index (χ1v) is 9.37. The van der Waals surface area contributed by atoms with Crippen LogP contribution in [0.3, 0.4) is 0 Å². The Labute approximate surface area is 137 Å². The Morgan fingerprint density at radius 2 is 2.13 bits per heavy atom. The van der Waals surface area contributed by atoms with Gasteiger partial charge < -0.3 is 4.74 Å². The van der Waals surface area contributed by atoms with Crippen molar-refractivity contribution in [1.82, 2.24) is 9.62 Å². The molecule has 0 radical (unpaired) electrons.